The summed E-state index contributed by atoms with van der Waals surface area (Å²) in [4.78, 5) is 12.2. The standard InChI is InChI=1S/C20H19ClN4O/c1-14-3-2-4-17(13-14)23-20(26)18-9-10-19(25-24-18)22-12-11-15-5-7-16(21)8-6-15/h2-10,13H,11-12H2,1H3,(H,22,25)(H,23,26). The molecule has 132 valence electrons. The van der Waals surface area contributed by atoms with Crippen molar-refractivity contribution in [1.29, 1.82) is 0 Å². The zero-order chi connectivity index (χ0) is 18.4. The van der Waals surface area contributed by atoms with Gasteiger partial charge in [0.05, 0.1) is 0 Å². The van der Waals surface area contributed by atoms with E-state index in [1.54, 1.807) is 12.1 Å². The molecule has 5 nitrogen and oxygen atoms in total. The molecular formula is C20H19ClN4O. The van der Waals surface area contributed by atoms with Crippen LogP contribution < -0.4 is 10.6 Å². The second-order valence-electron chi connectivity index (χ2n) is 5.93. The molecule has 0 radical (unpaired) electrons. The minimum atomic E-state index is -0.282. The average molecular weight is 367 g/mol. The van der Waals surface area contributed by atoms with Crippen molar-refractivity contribution < 1.29 is 4.79 Å². The predicted octanol–water partition coefficient (Wildman–Crippen LogP) is 4.35. The number of aryl methyl sites for hydroxylation is 1. The van der Waals surface area contributed by atoms with Gasteiger partial charge in [-0.05, 0) is 60.9 Å². The van der Waals surface area contributed by atoms with Gasteiger partial charge < -0.3 is 10.6 Å². The minimum Gasteiger partial charge on any atom is -0.368 e. The average Bonchev–Trinajstić information content (AvgIpc) is 2.64. The molecule has 3 rings (SSSR count). The van der Waals surface area contributed by atoms with E-state index in [1.807, 2.05) is 55.5 Å². The zero-order valence-corrected chi connectivity index (χ0v) is 15.1. The SMILES string of the molecule is Cc1cccc(NC(=O)c2ccc(NCCc3ccc(Cl)cc3)nn2)c1. The van der Waals surface area contributed by atoms with Gasteiger partial charge in [0, 0.05) is 17.3 Å². The third-order valence-corrected chi connectivity index (χ3v) is 4.06. The number of halogens is 1. The lowest BCUT2D eigenvalue weighted by Crippen LogP contribution is -2.15. The fourth-order valence-electron chi connectivity index (χ4n) is 2.45. The first-order valence-electron chi connectivity index (χ1n) is 8.30. The zero-order valence-electron chi connectivity index (χ0n) is 14.4. The molecule has 1 amide bonds. The van der Waals surface area contributed by atoms with E-state index in [-0.39, 0.29) is 11.6 Å². The Morgan fingerprint density at radius 2 is 1.85 bits per heavy atom. The molecule has 0 aliphatic rings. The van der Waals surface area contributed by atoms with E-state index < -0.39 is 0 Å². The molecule has 0 atom stereocenters. The number of aromatic nitrogens is 2. The Bertz CT molecular complexity index is 879. The summed E-state index contributed by atoms with van der Waals surface area (Å²) in [5.41, 5.74) is 3.27. The van der Waals surface area contributed by atoms with Crippen LogP contribution in [-0.2, 0) is 6.42 Å². The quantitative estimate of drug-likeness (QED) is 0.680. The molecule has 0 bridgehead atoms. The van der Waals surface area contributed by atoms with Crippen molar-refractivity contribution in [3.8, 4) is 0 Å². The highest BCUT2D eigenvalue weighted by Gasteiger charge is 2.08. The molecule has 0 aliphatic carbocycles. The lowest BCUT2D eigenvalue weighted by Gasteiger charge is -2.07. The van der Waals surface area contributed by atoms with E-state index in [0.717, 1.165) is 22.7 Å². The minimum absolute atomic E-state index is 0.273. The van der Waals surface area contributed by atoms with E-state index in [1.165, 1.54) is 5.56 Å². The van der Waals surface area contributed by atoms with Crippen molar-refractivity contribution in [1.82, 2.24) is 10.2 Å². The molecule has 0 saturated heterocycles. The Kier molecular flexibility index (Phi) is 5.81. The molecule has 3 aromatic rings. The molecule has 1 heterocycles. The maximum Gasteiger partial charge on any atom is 0.276 e. The van der Waals surface area contributed by atoms with Gasteiger partial charge in [-0.25, -0.2) is 0 Å². The van der Waals surface area contributed by atoms with Gasteiger partial charge >= 0.3 is 0 Å². The predicted molar refractivity (Wildman–Crippen MR) is 105 cm³/mol. The van der Waals surface area contributed by atoms with E-state index in [9.17, 15) is 4.79 Å². The second kappa shape index (κ2) is 8.45. The molecule has 0 aliphatic heterocycles. The van der Waals surface area contributed by atoms with Gasteiger partial charge in [-0.15, -0.1) is 10.2 Å². The molecule has 26 heavy (non-hydrogen) atoms. The van der Waals surface area contributed by atoms with Crippen molar-refractivity contribution in [2.24, 2.45) is 0 Å². The van der Waals surface area contributed by atoms with Crippen LogP contribution in [0.5, 0.6) is 0 Å². The number of hydrogen-bond donors (Lipinski definition) is 2. The summed E-state index contributed by atoms with van der Waals surface area (Å²) in [6, 6.07) is 18.7. The first-order chi connectivity index (χ1) is 12.6. The van der Waals surface area contributed by atoms with Gasteiger partial charge in [-0.2, -0.15) is 0 Å². The Hall–Kier alpha value is -2.92. The third kappa shape index (κ3) is 5.04. The van der Waals surface area contributed by atoms with Gasteiger partial charge in [0.25, 0.3) is 5.91 Å². The number of nitrogens with one attached hydrogen (secondary N) is 2. The summed E-state index contributed by atoms with van der Waals surface area (Å²) in [6.45, 7) is 2.69. The second-order valence-corrected chi connectivity index (χ2v) is 6.37. The van der Waals surface area contributed by atoms with Gasteiger partial charge in [0.2, 0.25) is 0 Å². The van der Waals surface area contributed by atoms with Crippen LogP contribution in [0.2, 0.25) is 5.02 Å². The normalized spacial score (nSPS) is 10.4. The van der Waals surface area contributed by atoms with Gasteiger partial charge in [-0.3, -0.25) is 4.79 Å². The monoisotopic (exact) mass is 366 g/mol. The number of rotatable bonds is 6. The highest BCUT2D eigenvalue weighted by Crippen LogP contribution is 2.12. The first-order valence-corrected chi connectivity index (χ1v) is 8.68. The number of nitrogens with zero attached hydrogens (tertiary/aromatic N) is 2. The number of carbonyl (C=O) groups excluding carboxylic acids is 1. The fraction of sp³-hybridized carbons (Fsp3) is 0.150. The largest absolute Gasteiger partial charge is 0.368 e. The van der Waals surface area contributed by atoms with E-state index in [4.69, 9.17) is 11.6 Å². The van der Waals surface area contributed by atoms with Crippen LogP contribution in [0.4, 0.5) is 11.5 Å². The number of anilines is 2. The number of carbonyl (C=O) groups is 1. The van der Waals surface area contributed by atoms with E-state index >= 15 is 0 Å². The lowest BCUT2D eigenvalue weighted by atomic mass is 10.1. The van der Waals surface area contributed by atoms with Crippen LogP contribution >= 0.6 is 11.6 Å². The van der Waals surface area contributed by atoms with Crippen LogP contribution in [0.15, 0.2) is 60.7 Å². The van der Waals surface area contributed by atoms with Crippen LogP contribution in [0, 0.1) is 6.92 Å². The molecular weight excluding hydrogens is 348 g/mol. The molecule has 0 spiro atoms. The summed E-state index contributed by atoms with van der Waals surface area (Å²) in [7, 11) is 0. The van der Waals surface area contributed by atoms with Crippen molar-refractivity contribution in [3.63, 3.8) is 0 Å². The van der Waals surface area contributed by atoms with Crippen molar-refractivity contribution in [3.05, 3.63) is 82.5 Å². The summed E-state index contributed by atoms with van der Waals surface area (Å²) in [5, 5.41) is 14.8. The molecule has 0 unspecified atom stereocenters. The number of amides is 1. The number of hydrogen-bond acceptors (Lipinski definition) is 4. The van der Waals surface area contributed by atoms with E-state index in [0.29, 0.717) is 12.4 Å². The van der Waals surface area contributed by atoms with Crippen molar-refractivity contribution in [2.75, 3.05) is 17.2 Å². The lowest BCUT2D eigenvalue weighted by molar-refractivity contribution is 0.102. The summed E-state index contributed by atoms with van der Waals surface area (Å²) >= 11 is 5.87. The Labute approximate surface area is 157 Å². The summed E-state index contributed by atoms with van der Waals surface area (Å²) in [6.07, 6.45) is 0.842. The van der Waals surface area contributed by atoms with E-state index in [2.05, 4.69) is 20.8 Å². The van der Waals surface area contributed by atoms with Crippen LogP contribution in [-0.4, -0.2) is 22.6 Å². The smallest absolute Gasteiger partial charge is 0.276 e. The van der Waals surface area contributed by atoms with Gasteiger partial charge in [-0.1, -0.05) is 35.9 Å². The molecule has 1 aromatic heterocycles. The Balaban J connectivity index is 1.52. The molecule has 0 fully saturated rings. The van der Waals surface area contributed by atoms with Crippen molar-refractivity contribution in [2.45, 2.75) is 13.3 Å². The van der Waals surface area contributed by atoms with Gasteiger partial charge in [0.1, 0.15) is 5.82 Å². The summed E-state index contributed by atoms with van der Waals surface area (Å²) < 4.78 is 0. The molecule has 2 aromatic carbocycles. The Morgan fingerprint density at radius 3 is 2.54 bits per heavy atom. The maximum absolute atomic E-state index is 12.2. The molecule has 0 saturated carbocycles. The van der Waals surface area contributed by atoms with Crippen LogP contribution in [0.1, 0.15) is 21.6 Å². The Morgan fingerprint density at radius 1 is 1.04 bits per heavy atom. The van der Waals surface area contributed by atoms with Gasteiger partial charge in [0.15, 0.2) is 5.69 Å². The fourth-order valence-corrected chi connectivity index (χ4v) is 2.58. The topological polar surface area (TPSA) is 66.9 Å². The van der Waals surface area contributed by atoms with Crippen molar-refractivity contribution >= 4 is 29.0 Å². The summed E-state index contributed by atoms with van der Waals surface area (Å²) in [5.74, 6) is 0.349. The van der Waals surface area contributed by atoms with Crippen LogP contribution in [0.25, 0.3) is 0 Å². The highest BCUT2D eigenvalue weighted by atomic mass is 35.5. The maximum atomic E-state index is 12.2. The highest BCUT2D eigenvalue weighted by molar-refractivity contribution is 6.30. The number of benzene rings is 2. The molecule has 6 heteroatoms. The third-order valence-electron chi connectivity index (χ3n) is 3.81. The first kappa shape index (κ1) is 17.9. The van der Waals surface area contributed by atoms with Crippen LogP contribution in [0.3, 0.4) is 0 Å². The molecule has 2 N–H and O–H groups in total.